The Morgan fingerprint density at radius 3 is 2.86 bits per heavy atom. The number of Topliss-reactive ketones (excluding diaryl/α,β-unsaturated/α-hetero) is 1. The molecule has 14 heavy (non-hydrogen) atoms. The van der Waals surface area contributed by atoms with Crippen LogP contribution < -0.4 is 0 Å². The highest BCUT2D eigenvalue weighted by Crippen LogP contribution is 2.27. The zero-order valence-corrected chi connectivity index (χ0v) is 8.34. The molecule has 4 heteroatoms. The number of nitrogens with zero attached hydrogens (tertiary/aromatic N) is 1. The molecular weight excluding hydrogens is 202 g/mol. The number of hydrogen-bond donors (Lipinski definition) is 0. The summed E-state index contributed by atoms with van der Waals surface area (Å²) in [6.45, 7) is 1.82. The Balaban J connectivity index is 2.64. The van der Waals surface area contributed by atoms with Crippen molar-refractivity contribution < 1.29 is 9.59 Å². The highest BCUT2D eigenvalue weighted by atomic mass is 35.5. The minimum absolute atomic E-state index is 0.109. The summed E-state index contributed by atoms with van der Waals surface area (Å²) in [4.78, 5) is 22.8. The van der Waals surface area contributed by atoms with E-state index in [1.807, 2.05) is 6.07 Å². The number of benzene rings is 1. The molecule has 1 aliphatic heterocycles. The summed E-state index contributed by atoms with van der Waals surface area (Å²) in [6.07, 6.45) is 0. The third-order valence-electron chi connectivity index (χ3n) is 2.27. The molecule has 0 bridgehead atoms. The SMILES string of the molecule is CC(=O)c1cccc2c1C(=O)N(Cl)C2. The van der Waals surface area contributed by atoms with Crippen LogP contribution in [0.5, 0.6) is 0 Å². The molecule has 0 atom stereocenters. The van der Waals surface area contributed by atoms with Gasteiger partial charge in [-0.2, -0.15) is 0 Å². The van der Waals surface area contributed by atoms with E-state index in [2.05, 4.69) is 0 Å². The second kappa shape index (κ2) is 3.10. The van der Waals surface area contributed by atoms with Crippen molar-refractivity contribution in [1.82, 2.24) is 4.42 Å². The minimum Gasteiger partial charge on any atom is -0.294 e. The Kier molecular flexibility index (Phi) is 2.04. The van der Waals surface area contributed by atoms with Crippen LogP contribution in [0.1, 0.15) is 33.2 Å². The molecule has 0 aromatic heterocycles. The molecule has 1 aromatic rings. The second-order valence-electron chi connectivity index (χ2n) is 3.22. The lowest BCUT2D eigenvalue weighted by molar-refractivity contribution is 0.0874. The van der Waals surface area contributed by atoms with Gasteiger partial charge in [0.15, 0.2) is 5.78 Å². The molecule has 0 spiro atoms. The Labute approximate surface area is 86.4 Å². The van der Waals surface area contributed by atoms with Crippen molar-refractivity contribution in [3.05, 3.63) is 34.9 Å². The van der Waals surface area contributed by atoms with Crippen LogP contribution in [-0.4, -0.2) is 16.1 Å². The third kappa shape index (κ3) is 1.21. The Hall–Kier alpha value is -1.35. The largest absolute Gasteiger partial charge is 0.294 e. The summed E-state index contributed by atoms with van der Waals surface area (Å²) < 4.78 is 1.09. The van der Waals surface area contributed by atoms with Gasteiger partial charge in [0.25, 0.3) is 5.91 Å². The third-order valence-corrected chi connectivity index (χ3v) is 2.55. The van der Waals surface area contributed by atoms with Crippen LogP contribution >= 0.6 is 11.8 Å². The quantitative estimate of drug-likeness (QED) is 0.524. The van der Waals surface area contributed by atoms with Crippen LogP contribution in [0.25, 0.3) is 0 Å². The average molecular weight is 210 g/mol. The van der Waals surface area contributed by atoms with Crippen molar-refractivity contribution in [3.63, 3.8) is 0 Å². The maximum absolute atomic E-state index is 11.6. The zero-order valence-electron chi connectivity index (χ0n) is 7.58. The van der Waals surface area contributed by atoms with E-state index in [-0.39, 0.29) is 11.7 Å². The molecule has 0 unspecified atom stereocenters. The summed E-state index contributed by atoms with van der Waals surface area (Å²) in [7, 11) is 0. The van der Waals surface area contributed by atoms with E-state index < -0.39 is 0 Å². The van der Waals surface area contributed by atoms with E-state index in [9.17, 15) is 9.59 Å². The highest BCUT2D eigenvalue weighted by molar-refractivity contribution is 6.26. The lowest BCUT2D eigenvalue weighted by atomic mass is 10.0. The first-order valence-corrected chi connectivity index (χ1v) is 4.55. The molecule has 1 heterocycles. The number of rotatable bonds is 1. The van der Waals surface area contributed by atoms with Gasteiger partial charge in [0, 0.05) is 17.3 Å². The number of carbonyl (C=O) groups is 2. The van der Waals surface area contributed by atoms with Crippen molar-refractivity contribution in [3.8, 4) is 0 Å². The molecule has 1 amide bonds. The number of carbonyl (C=O) groups excluding carboxylic acids is 2. The van der Waals surface area contributed by atoms with Crippen LogP contribution in [0.4, 0.5) is 0 Å². The fraction of sp³-hybridized carbons (Fsp3) is 0.200. The lowest BCUT2D eigenvalue weighted by Gasteiger charge is -2.02. The molecule has 0 saturated carbocycles. The summed E-state index contributed by atoms with van der Waals surface area (Å²) in [5, 5.41) is 0. The molecule has 3 nitrogen and oxygen atoms in total. The maximum Gasteiger partial charge on any atom is 0.269 e. The Morgan fingerprint density at radius 2 is 2.21 bits per heavy atom. The molecular formula is C10H8ClNO2. The monoisotopic (exact) mass is 209 g/mol. The van der Waals surface area contributed by atoms with Crippen LogP contribution in [0, 0.1) is 0 Å². The molecule has 72 valence electrons. The van der Waals surface area contributed by atoms with E-state index in [0.29, 0.717) is 17.7 Å². The van der Waals surface area contributed by atoms with Crippen molar-refractivity contribution >= 4 is 23.5 Å². The fourth-order valence-electron chi connectivity index (χ4n) is 1.62. The number of hydrogen-bond acceptors (Lipinski definition) is 2. The van der Waals surface area contributed by atoms with Gasteiger partial charge in [-0.3, -0.25) is 9.59 Å². The zero-order chi connectivity index (χ0) is 10.3. The molecule has 1 aromatic carbocycles. The molecule has 1 aliphatic rings. The van der Waals surface area contributed by atoms with Gasteiger partial charge in [-0.05, 0) is 12.5 Å². The van der Waals surface area contributed by atoms with Crippen molar-refractivity contribution in [1.29, 1.82) is 0 Å². The molecule has 0 radical (unpaired) electrons. The highest BCUT2D eigenvalue weighted by Gasteiger charge is 2.29. The molecule has 0 saturated heterocycles. The van der Waals surface area contributed by atoms with Crippen LogP contribution in [-0.2, 0) is 6.54 Å². The van der Waals surface area contributed by atoms with Crippen molar-refractivity contribution in [2.24, 2.45) is 0 Å². The van der Waals surface area contributed by atoms with Crippen LogP contribution in [0.2, 0.25) is 0 Å². The first kappa shape index (κ1) is 9.21. The normalized spacial score (nSPS) is 14.4. The second-order valence-corrected chi connectivity index (χ2v) is 3.63. The molecule has 0 fully saturated rings. The molecule has 0 aliphatic carbocycles. The van der Waals surface area contributed by atoms with Crippen LogP contribution in [0.15, 0.2) is 18.2 Å². The van der Waals surface area contributed by atoms with Gasteiger partial charge >= 0.3 is 0 Å². The summed E-state index contributed by atoms with van der Waals surface area (Å²) in [5.41, 5.74) is 1.73. The van der Waals surface area contributed by atoms with Gasteiger partial charge in [0.05, 0.1) is 12.1 Å². The molecule has 0 N–H and O–H groups in total. The van der Waals surface area contributed by atoms with Gasteiger partial charge in [0.2, 0.25) is 0 Å². The minimum atomic E-state index is -0.285. The predicted octanol–water partition coefficient (Wildman–Crippen LogP) is 2.00. The predicted molar refractivity (Wildman–Crippen MR) is 52.2 cm³/mol. The number of fused-ring (bicyclic) bond motifs is 1. The van der Waals surface area contributed by atoms with Gasteiger partial charge in [-0.25, -0.2) is 4.42 Å². The van der Waals surface area contributed by atoms with E-state index in [4.69, 9.17) is 11.8 Å². The first-order valence-electron chi connectivity index (χ1n) is 4.21. The van der Waals surface area contributed by atoms with Crippen molar-refractivity contribution in [2.45, 2.75) is 13.5 Å². The van der Waals surface area contributed by atoms with E-state index in [1.54, 1.807) is 12.1 Å². The smallest absolute Gasteiger partial charge is 0.269 e. The Bertz CT molecular complexity index is 428. The molecule has 2 rings (SSSR count). The number of halogens is 1. The van der Waals surface area contributed by atoms with Crippen LogP contribution in [0.3, 0.4) is 0 Å². The lowest BCUT2D eigenvalue weighted by Crippen LogP contribution is -2.13. The first-order chi connectivity index (χ1) is 6.61. The van der Waals surface area contributed by atoms with E-state index in [0.717, 1.165) is 9.98 Å². The summed E-state index contributed by atoms with van der Waals surface area (Å²) in [5.74, 6) is -0.394. The van der Waals surface area contributed by atoms with E-state index >= 15 is 0 Å². The standard InChI is InChI=1S/C10H8ClNO2/c1-6(13)8-4-2-3-7-5-12(11)10(14)9(7)8/h2-4H,5H2,1H3. The average Bonchev–Trinajstić information content (AvgIpc) is 2.43. The van der Waals surface area contributed by atoms with E-state index in [1.165, 1.54) is 6.92 Å². The number of amides is 1. The number of ketones is 1. The van der Waals surface area contributed by atoms with Gasteiger partial charge in [-0.1, -0.05) is 18.2 Å². The van der Waals surface area contributed by atoms with Gasteiger partial charge in [0.1, 0.15) is 0 Å². The summed E-state index contributed by atoms with van der Waals surface area (Å²) >= 11 is 5.68. The Morgan fingerprint density at radius 1 is 1.50 bits per heavy atom. The topological polar surface area (TPSA) is 37.4 Å². The van der Waals surface area contributed by atoms with Gasteiger partial charge < -0.3 is 0 Å². The maximum atomic E-state index is 11.6. The summed E-state index contributed by atoms with van der Waals surface area (Å²) in [6, 6.07) is 5.22. The fourth-order valence-corrected chi connectivity index (χ4v) is 1.83. The van der Waals surface area contributed by atoms with Crippen molar-refractivity contribution in [2.75, 3.05) is 0 Å². The van der Waals surface area contributed by atoms with Gasteiger partial charge in [-0.15, -0.1) is 0 Å².